The lowest BCUT2D eigenvalue weighted by Gasteiger charge is -2.11. The Morgan fingerprint density at radius 2 is 0.808 bits per heavy atom. The Kier molecular flexibility index (Phi) is 4.49. The van der Waals surface area contributed by atoms with Gasteiger partial charge < -0.3 is 0 Å². The van der Waals surface area contributed by atoms with Gasteiger partial charge >= 0.3 is 0 Å². The summed E-state index contributed by atoms with van der Waals surface area (Å²) < 4.78 is 0. The molecular formula is C26H20. The van der Waals surface area contributed by atoms with Crippen molar-refractivity contribution in [3.05, 3.63) is 115 Å². The third-order valence-corrected chi connectivity index (χ3v) is 4.63. The van der Waals surface area contributed by atoms with Crippen molar-refractivity contribution in [2.45, 2.75) is 0 Å². The van der Waals surface area contributed by atoms with E-state index in [-0.39, 0.29) is 0 Å². The van der Waals surface area contributed by atoms with Crippen molar-refractivity contribution in [1.82, 2.24) is 0 Å². The summed E-state index contributed by atoms with van der Waals surface area (Å²) in [5.41, 5.74) is 8.50. The molecule has 0 fully saturated rings. The van der Waals surface area contributed by atoms with Crippen LogP contribution in [0.4, 0.5) is 0 Å². The SMILES string of the molecule is C=Cc1ccc(-c2cc(-c3ccccc3)cc(-c3ccccc3)c2)cc1. The molecule has 0 bridgehead atoms. The fourth-order valence-corrected chi connectivity index (χ4v) is 3.20. The van der Waals surface area contributed by atoms with Gasteiger partial charge in [-0.2, -0.15) is 0 Å². The van der Waals surface area contributed by atoms with Crippen LogP contribution in [0.3, 0.4) is 0 Å². The van der Waals surface area contributed by atoms with E-state index < -0.39 is 0 Å². The molecule has 0 aliphatic rings. The Bertz CT molecular complexity index is 953. The van der Waals surface area contributed by atoms with Gasteiger partial charge in [-0.15, -0.1) is 0 Å². The van der Waals surface area contributed by atoms with E-state index in [1.807, 2.05) is 6.08 Å². The Morgan fingerprint density at radius 3 is 1.19 bits per heavy atom. The topological polar surface area (TPSA) is 0 Å². The van der Waals surface area contributed by atoms with E-state index in [0.29, 0.717) is 0 Å². The zero-order valence-corrected chi connectivity index (χ0v) is 14.6. The van der Waals surface area contributed by atoms with Crippen molar-refractivity contribution < 1.29 is 0 Å². The first kappa shape index (κ1) is 16.1. The molecule has 4 aromatic rings. The lowest BCUT2D eigenvalue weighted by molar-refractivity contribution is 1.56. The van der Waals surface area contributed by atoms with Crippen LogP contribution in [0.5, 0.6) is 0 Å². The molecule has 0 radical (unpaired) electrons. The number of hydrogen-bond acceptors (Lipinski definition) is 0. The fraction of sp³-hybridized carbons (Fsp3) is 0. The molecule has 26 heavy (non-hydrogen) atoms. The van der Waals surface area contributed by atoms with E-state index in [2.05, 4.69) is 110 Å². The van der Waals surface area contributed by atoms with E-state index in [1.54, 1.807) is 0 Å². The highest BCUT2D eigenvalue weighted by atomic mass is 14.1. The van der Waals surface area contributed by atoms with Gasteiger partial charge in [0, 0.05) is 0 Å². The van der Waals surface area contributed by atoms with Gasteiger partial charge in [0.25, 0.3) is 0 Å². The first-order valence-corrected chi connectivity index (χ1v) is 8.82. The summed E-state index contributed by atoms with van der Waals surface area (Å²) in [7, 11) is 0. The van der Waals surface area contributed by atoms with Gasteiger partial charge in [-0.1, -0.05) is 97.6 Å². The van der Waals surface area contributed by atoms with Crippen LogP contribution in [0.15, 0.2) is 110 Å². The van der Waals surface area contributed by atoms with Gasteiger partial charge in [-0.3, -0.25) is 0 Å². The van der Waals surface area contributed by atoms with Crippen molar-refractivity contribution in [3.63, 3.8) is 0 Å². The zero-order chi connectivity index (χ0) is 17.8. The predicted octanol–water partition coefficient (Wildman–Crippen LogP) is 7.33. The van der Waals surface area contributed by atoms with Gasteiger partial charge in [0.1, 0.15) is 0 Å². The van der Waals surface area contributed by atoms with Gasteiger partial charge in [0.2, 0.25) is 0 Å². The molecule has 0 saturated carbocycles. The highest BCUT2D eigenvalue weighted by molar-refractivity contribution is 5.81. The van der Waals surface area contributed by atoms with E-state index in [9.17, 15) is 0 Å². The quantitative estimate of drug-likeness (QED) is 0.367. The predicted molar refractivity (Wildman–Crippen MR) is 113 cm³/mol. The second-order valence-electron chi connectivity index (χ2n) is 6.36. The van der Waals surface area contributed by atoms with Crippen molar-refractivity contribution in [3.8, 4) is 33.4 Å². The van der Waals surface area contributed by atoms with Crippen LogP contribution in [-0.2, 0) is 0 Å². The summed E-state index contributed by atoms with van der Waals surface area (Å²) in [4.78, 5) is 0. The van der Waals surface area contributed by atoms with Gasteiger partial charge in [0.05, 0.1) is 0 Å². The second-order valence-corrected chi connectivity index (χ2v) is 6.36. The van der Waals surface area contributed by atoms with Gasteiger partial charge in [-0.05, 0) is 57.1 Å². The first-order valence-electron chi connectivity index (χ1n) is 8.82. The van der Waals surface area contributed by atoms with Crippen molar-refractivity contribution in [2.75, 3.05) is 0 Å². The number of rotatable bonds is 4. The Balaban J connectivity index is 1.88. The van der Waals surface area contributed by atoms with Crippen LogP contribution in [0, 0.1) is 0 Å². The minimum absolute atomic E-state index is 1.14. The maximum absolute atomic E-state index is 3.84. The molecule has 124 valence electrons. The fourth-order valence-electron chi connectivity index (χ4n) is 3.20. The van der Waals surface area contributed by atoms with E-state index in [1.165, 1.54) is 33.4 Å². The molecule has 0 atom stereocenters. The Hall–Kier alpha value is -3.38. The molecular weight excluding hydrogens is 312 g/mol. The molecule has 0 unspecified atom stereocenters. The normalized spacial score (nSPS) is 10.5. The average Bonchev–Trinajstić information content (AvgIpc) is 2.75. The third kappa shape index (κ3) is 3.36. The zero-order valence-electron chi connectivity index (χ0n) is 14.6. The minimum Gasteiger partial charge on any atom is -0.0985 e. The molecule has 0 nitrogen and oxygen atoms in total. The molecule has 0 aromatic heterocycles. The maximum atomic E-state index is 3.84. The smallest absolute Gasteiger partial charge is 0.0172 e. The second kappa shape index (κ2) is 7.25. The number of benzene rings is 4. The third-order valence-electron chi connectivity index (χ3n) is 4.63. The summed E-state index contributed by atoms with van der Waals surface area (Å²) >= 11 is 0. The highest BCUT2D eigenvalue weighted by Crippen LogP contribution is 2.32. The number of hydrogen-bond donors (Lipinski definition) is 0. The highest BCUT2D eigenvalue weighted by Gasteiger charge is 2.07. The Morgan fingerprint density at radius 1 is 0.423 bits per heavy atom. The molecule has 0 saturated heterocycles. The van der Waals surface area contributed by atoms with Crippen LogP contribution in [-0.4, -0.2) is 0 Å². The van der Waals surface area contributed by atoms with E-state index >= 15 is 0 Å². The summed E-state index contributed by atoms with van der Waals surface area (Å²) in [6.07, 6.45) is 1.87. The summed E-state index contributed by atoms with van der Waals surface area (Å²) in [6.45, 7) is 3.84. The standard InChI is InChI=1S/C26H20/c1-2-20-13-15-23(16-14-20)26-18-24(21-9-5-3-6-10-21)17-25(19-26)22-11-7-4-8-12-22/h2-19H,1H2. The summed E-state index contributed by atoms with van der Waals surface area (Å²) in [5, 5.41) is 0. The molecule has 4 rings (SSSR count). The first-order chi connectivity index (χ1) is 12.8. The van der Waals surface area contributed by atoms with Crippen LogP contribution < -0.4 is 0 Å². The minimum atomic E-state index is 1.14. The van der Waals surface area contributed by atoms with E-state index in [0.717, 1.165) is 5.56 Å². The van der Waals surface area contributed by atoms with Crippen LogP contribution in [0.2, 0.25) is 0 Å². The maximum Gasteiger partial charge on any atom is -0.0172 e. The van der Waals surface area contributed by atoms with E-state index in [4.69, 9.17) is 0 Å². The van der Waals surface area contributed by atoms with Gasteiger partial charge in [0.15, 0.2) is 0 Å². The van der Waals surface area contributed by atoms with Gasteiger partial charge in [-0.25, -0.2) is 0 Å². The molecule has 0 heteroatoms. The molecule has 0 spiro atoms. The largest absolute Gasteiger partial charge is 0.0985 e. The molecule has 0 aliphatic heterocycles. The average molecular weight is 332 g/mol. The summed E-state index contributed by atoms with van der Waals surface area (Å²) in [5.74, 6) is 0. The van der Waals surface area contributed by atoms with Crippen molar-refractivity contribution in [2.24, 2.45) is 0 Å². The molecule has 0 N–H and O–H groups in total. The molecule has 0 aliphatic carbocycles. The lowest BCUT2D eigenvalue weighted by atomic mass is 9.93. The molecule has 4 aromatic carbocycles. The van der Waals surface area contributed by atoms with Crippen molar-refractivity contribution >= 4 is 6.08 Å². The molecule has 0 heterocycles. The van der Waals surface area contributed by atoms with Crippen LogP contribution in [0.1, 0.15) is 5.56 Å². The summed E-state index contributed by atoms with van der Waals surface area (Å²) in [6, 6.07) is 36.5. The molecule has 0 amide bonds. The van der Waals surface area contributed by atoms with Crippen LogP contribution in [0.25, 0.3) is 39.5 Å². The van der Waals surface area contributed by atoms with Crippen molar-refractivity contribution in [1.29, 1.82) is 0 Å². The monoisotopic (exact) mass is 332 g/mol. The lowest BCUT2D eigenvalue weighted by Crippen LogP contribution is -1.86. The Labute approximate surface area is 155 Å². The van der Waals surface area contributed by atoms with Crippen LogP contribution >= 0.6 is 0 Å².